The Kier molecular flexibility index (Phi) is 3.27. The van der Waals surface area contributed by atoms with Gasteiger partial charge in [-0.2, -0.15) is 5.26 Å². The number of nitriles is 1. The van der Waals surface area contributed by atoms with Crippen LogP contribution in [0.2, 0.25) is 0 Å². The molecule has 124 valence electrons. The van der Waals surface area contributed by atoms with Gasteiger partial charge in [-0.25, -0.2) is 4.90 Å². The number of nitro benzene ring substituents is 1. The maximum absolute atomic E-state index is 13.0. The number of hydrogen-bond acceptors (Lipinski definition) is 5. The Hall–Kier alpha value is -4.05. The summed E-state index contributed by atoms with van der Waals surface area (Å²) in [4.78, 5) is 37.4. The van der Waals surface area contributed by atoms with Crippen LogP contribution in [0.1, 0.15) is 26.3 Å². The smallest absolute Gasteiger partial charge is 0.268 e. The molecule has 0 fully saturated rings. The molecule has 0 bridgehead atoms. The van der Waals surface area contributed by atoms with Gasteiger partial charge < -0.3 is 0 Å². The predicted molar refractivity (Wildman–Crippen MR) is 92.9 cm³/mol. The second kappa shape index (κ2) is 5.50. The zero-order valence-electron chi connectivity index (χ0n) is 13.2. The molecule has 3 aromatic carbocycles. The van der Waals surface area contributed by atoms with Crippen molar-refractivity contribution in [3.8, 4) is 6.07 Å². The molecule has 4 rings (SSSR count). The van der Waals surface area contributed by atoms with Gasteiger partial charge in [-0.1, -0.05) is 12.1 Å². The molecule has 0 saturated carbocycles. The first-order valence-corrected chi connectivity index (χ1v) is 7.61. The Labute approximate surface area is 146 Å². The molecular formula is C19H9N3O4. The molecule has 0 spiro atoms. The second-order valence-corrected chi connectivity index (χ2v) is 5.76. The van der Waals surface area contributed by atoms with Gasteiger partial charge in [-0.05, 0) is 35.7 Å². The van der Waals surface area contributed by atoms with Crippen molar-refractivity contribution in [2.24, 2.45) is 0 Å². The summed E-state index contributed by atoms with van der Waals surface area (Å²) in [5.74, 6) is -1.14. The van der Waals surface area contributed by atoms with Crippen molar-refractivity contribution >= 4 is 34.0 Å². The quantitative estimate of drug-likeness (QED) is 0.403. The topological polar surface area (TPSA) is 104 Å². The van der Waals surface area contributed by atoms with Crippen LogP contribution in [0, 0.1) is 21.4 Å². The highest BCUT2D eigenvalue weighted by atomic mass is 16.6. The van der Waals surface area contributed by atoms with E-state index in [1.54, 1.807) is 18.2 Å². The van der Waals surface area contributed by atoms with E-state index in [1.807, 2.05) is 6.07 Å². The first kappa shape index (κ1) is 15.5. The van der Waals surface area contributed by atoms with Gasteiger partial charge >= 0.3 is 0 Å². The number of benzene rings is 3. The minimum Gasteiger partial charge on any atom is -0.268 e. The summed E-state index contributed by atoms with van der Waals surface area (Å²) in [6.07, 6.45) is 0. The fraction of sp³-hybridized carbons (Fsp3) is 0. The van der Waals surface area contributed by atoms with Crippen LogP contribution < -0.4 is 4.90 Å². The number of nitro groups is 1. The Morgan fingerprint density at radius 1 is 0.962 bits per heavy atom. The number of nitrogens with zero attached hydrogens (tertiary/aromatic N) is 3. The maximum atomic E-state index is 13.0. The van der Waals surface area contributed by atoms with E-state index in [0.717, 1.165) is 4.90 Å². The number of imide groups is 1. The van der Waals surface area contributed by atoms with Crippen molar-refractivity contribution in [3.05, 3.63) is 81.4 Å². The van der Waals surface area contributed by atoms with Crippen LogP contribution in [0.3, 0.4) is 0 Å². The van der Waals surface area contributed by atoms with Gasteiger partial charge in [0.15, 0.2) is 0 Å². The summed E-state index contributed by atoms with van der Waals surface area (Å²) in [6.45, 7) is 0. The molecule has 1 heterocycles. The van der Waals surface area contributed by atoms with Crippen molar-refractivity contribution < 1.29 is 14.5 Å². The number of amides is 2. The monoisotopic (exact) mass is 343 g/mol. The number of carbonyl (C=O) groups excluding carboxylic acids is 2. The zero-order chi connectivity index (χ0) is 18.4. The summed E-state index contributed by atoms with van der Waals surface area (Å²) in [6, 6.07) is 15.3. The lowest BCUT2D eigenvalue weighted by Gasteiger charge is -2.27. The van der Waals surface area contributed by atoms with E-state index >= 15 is 0 Å². The average Bonchev–Trinajstić information content (AvgIpc) is 2.66. The van der Waals surface area contributed by atoms with Gasteiger partial charge in [0.2, 0.25) is 0 Å². The Bertz CT molecular complexity index is 1160. The maximum Gasteiger partial charge on any atom is 0.270 e. The number of carbonyl (C=O) groups is 2. The molecule has 3 aromatic rings. The summed E-state index contributed by atoms with van der Waals surface area (Å²) >= 11 is 0. The van der Waals surface area contributed by atoms with Crippen LogP contribution in [0.4, 0.5) is 11.4 Å². The van der Waals surface area contributed by atoms with Crippen molar-refractivity contribution in [2.45, 2.75) is 0 Å². The number of rotatable bonds is 2. The Morgan fingerprint density at radius 3 is 2.31 bits per heavy atom. The molecule has 0 unspecified atom stereocenters. The van der Waals surface area contributed by atoms with E-state index in [4.69, 9.17) is 5.26 Å². The van der Waals surface area contributed by atoms with E-state index in [2.05, 4.69) is 0 Å². The first-order valence-electron chi connectivity index (χ1n) is 7.61. The third-order valence-corrected chi connectivity index (χ3v) is 4.29. The molecule has 2 amide bonds. The van der Waals surface area contributed by atoms with Crippen LogP contribution >= 0.6 is 0 Å². The summed E-state index contributed by atoms with van der Waals surface area (Å²) < 4.78 is 0. The molecular weight excluding hydrogens is 334 g/mol. The average molecular weight is 343 g/mol. The highest BCUT2D eigenvalue weighted by Gasteiger charge is 2.35. The van der Waals surface area contributed by atoms with E-state index in [9.17, 15) is 19.7 Å². The zero-order valence-corrected chi connectivity index (χ0v) is 13.2. The van der Waals surface area contributed by atoms with E-state index in [1.165, 1.54) is 36.4 Å². The van der Waals surface area contributed by atoms with E-state index in [0.29, 0.717) is 27.6 Å². The summed E-state index contributed by atoms with van der Waals surface area (Å²) in [5.41, 5.74) is 0.884. The molecule has 0 aromatic heterocycles. The van der Waals surface area contributed by atoms with Gasteiger partial charge in [-0.15, -0.1) is 0 Å². The minimum absolute atomic E-state index is 0.105. The molecule has 0 saturated heterocycles. The molecule has 1 aliphatic rings. The molecule has 0 radical (unpaired) electrons. The van der Waals surface area contributed by atoms with Crippen molar-refractivity contribution in [2.75, 3.05) is 4.90 Å². The van der Waals surface area contributed by atoms with Crippen molar-refractivity contribution in [3.63, 3.8) is 0 Å². The lowest BCUT2D eigenvalue weighted by molar-refractivity contribution is -0.384. The normalized spacial score (nSPS) is 13.0. The van der Waals surface area contributed by atoms with Crippen LogP contribution in [0.15, 0.2) is 54.6 Å². The van der Waals surface area contributed by atoms with Crippen LogP contribution in [-0.2, 0) is 0 Å². The van der Waals surface area contributed by atoms with Gasteiger partial charge in [0.25, 0.3) is 17.5 Å². The lowest BCUT2D eigenvalue weighted by atomic mass is 9.93. The molecule has 0 N–H and O–H groups in total. The van der Waals surface area contributed by atoms with Crippen molar-refractivity contribution in [1.29, 1.82) is 5.26 Å². The predicted octanol–water partition coefficient (Wildman–Crippen LogP) is 3.42. The first-order chi connectivity index (χ1) is 12.5. The SMILES string of the molecule is N#Cc1ccc(N2C(=O)c3cccc4cc([N+](=O)[O-])cc(c34)C2=O)cc1. The fourth-order valence-corrected chi connectivity index (χ4v) is 3.12. The number of non-ortho nitro benzene ring substituents is 1. The highest BCUT2D eigenvalue weighted by molar-refractivity contribution is 6.36. The second-order valence-electron chi connectivity index (χ2n) is 5.76. The fourth-order valence-electron chi connectivity index (χ4n) is 3.12. The van der Waals surface area contributed by atoms with Crippen LogP contribution in [0.25, 0.3) is 10.8 Å². The minimum atomic E-state index is -0.632. The van der Waals surface area contributed by atoms with Crippen LogP contribution in [0.5, 0.6) is 0 Å². The molecule has 0 aliphatic carbocycles. The largest absolute Gasteiger partial charge is 0.270 e. The van der Waals surface area contributed by atoms with Gasteiger partial charge in [0.05, 0.1) is 27.8 Å². The molecule has 7 heteroatoms. The molecule has 26 heavy (non-hydrogen) atoms. The van der Waals surface area contributed by atoms with Gasteiger partial charge in [0.1, 0.15) is 0 Å². The van der Waals surface area contributed by atoms with Gasteiger partial charge in [-0.3, -0.25) is 19.7 Å². The molecule has 1 aliphatic heterocycles. The summed E-state index contributed by atoms with van der Waals surface area (Å²) in [5, 5.41) is 21.0. The van der Waals surface area contributed by atoms with Crippen molar-refractivity contribution in [1.82, 2.24) is 0 Å². The lowest BCUT2D eigenvalue weighted by Crippen LogP contribution is -2.40. The highest BCUT2D eigenvalue weighted by Crippen LogP contribution is 2.35. The Balaban J connectivity index is 1.96. The number of hydrogen-bond donors (Lipinski definition) is 0. The van der Waals surface area contributed by atoms with Gasteiger partial charge in [0, 0.05) is 23.1 Å². The number of anilines is 1. The Morgan fingerprint density at radius 2 is 1.65 bits per heavy atom. The third kappa shape index (κ3) is 2.13. The molecule has 7 nitrogen and oxygen atoms in total. The van der Waals surface area contributed by atoms with Crippen LogP contribution in [-0.4, -0.2) is 16.7 Å². The standard InChI is InChI=1S/C19H9N3O4/c20-10-11-4-6-13(7-5-11)21-18(23)15-3-1-2-12-8-14(22(25)26)9-16(17(12)15)19(21)24/h1-9H. The van der Waals surface area contributed by atoms with E-state index in [-0.39, 0.29) is 11.3 Å². The molecule has 0 atom stereocenters. The third-order valence-electron chi connectivity index (χ3n) is 4.29. The summed E-state index contributed by atoms with van der Waals surface area (Å²) in [7, 11) is 0. The van der Waals surface area contributed by atoms with E-state index < -0.39 is 16.7 Å².